The number of carbonyl (C=O) groups is 1. The van der Waals surface area contributed by atoms with E-state index in [-0.39, 0.29) is 17.5 Å². The van der Waals surface area contributed by atoms with Crippen molar-refractivity contribution in [2.24, 2.45) is 0 Å². The number of carbonyl (C=O) groups excluding carboxylic acids is 1. The van der Waals surface area contributed by atoms with Gasteiger partial charge in [-0.3, -0.25) is 14.3 Å². The van der Waals surface area contributed by atoms with Gasteiger partial charge in [0, 0.05) is 30.1 Å². The van der Waals surface area contributed by atoms with Gasteiger partial charge in [-0.1, -0.05) is 25.1 Å². The van der Waals surface area contributed by atoms with Crippen LogP contribution in [0.3, 0.4) is 0 Å². The Kier molecular flexibility index (Phi) is 5.10. The first-order valence-corrected chi connectivity index (χ1v) is 9.12. The SMILES string of the molecule is CC(C)c1noc(-c2ccnc(-n3cnc(C(=O)NCc4ccccn4)c3)c2)n1. The highest BCUT2D eigenvalue weighted by molar-refractivity contribution is 5.92. The van der Waals surface area contributed by atoms with E-state index in [9.17, 15) is 4.79 Å². The van der Waals surface area contributed by atoms with Gasteiger partial charge >= 0.3 is 0 Å². The summed E-state index contributed by atoms with van der Waals surface area (Å²) in [6.07, 6.45) is 6.48. The van der Waals surface area contributed by atoms with Crippen LogP contribution in [-0.4, -0.2) is 35.6 Å². The molecule has 0 bridgehead atoms. The second-order valence-corrected chi connectivity index (χ2v) is 6.69. The molecule has 146 valence electrons. The highest BCUT2D eigenvalue weighted by atomic mass is 16.5. The Morgan fingerprint density at radius 2 is 2.07 bits per heavy atom. The third-order valence-electron chi connectivity index (χ3n) is 4.19. The molecule has 0 aliphatic rings. The predicted octanol–water partition coefficient (Wildman–Crippen LogP) is 2.77. The highest BCUT2D eigenvalue weighted by Crippen LogP contribution is 2.21. The Balaban J connectivity index is 1.49. The smallest absolute Gasteiger partial charge is 0.271 e. The zero-order chi connectivity index (χ0) is 20.2. The van der Waals surface area contributed by atoms with E-state index in [1.807, 2.05) is 32.0 Å². The van der Waals surface area contributed by atoms with Crippen molar-refractivity contribution in [3.63, 3.8) is 0 Å². The molecule has 0 saturated heterocycles. The molecule has 9 nitrogen and oxygen atoms in total. The number of nitrogens with one attached hydrogen (secondary N) is 1. The minimum absolute atomic E-state index is 0.176. The van der Waals surface area contributed by atoms with Gasteiger partial charge in [-0.05, 0) is 24.3 Å². The molecule has 4 aromatic heterocycles. The van der Waals surface area contributed by atoms with Crippen LogP contribution in [-0.2, 0) is 6.54 Å². The Hall–Kier alpha value is -3.88. The fourth-order valence-corrected chi connectivity index (χ4v) is 2.61. The van der Waals surface area contributed by atoms with E-state index in [0.29, 0.717) is 24.1 Å². The third kappa shape index (κ3) is 4.18. The van der Waals surface area contributed by atoms with Crippen molar-refractivity contribution in [2.75, 3.05) is 0 Å². The van der Waals surface area contributed by atoms with Crippen molar-refractivity contribution >= 4 is 5.91 Å². The van der Waals surface area contributed by atoms with Gasteiger partial charge in [0.15, 0.2) is 5.82 Å². The second-order valence-electron chi connectivity index (χ2n) is 6.69. The van der Waals surface area contributed by atoms with Gasteiger partial charge in [-0.2, -0.15) is 4.98 Å². The molecule has 0 aliphatic carbocycles. The average molecular weight is 389 g/mol. The first-order chi connectivity index (χ1) is 14.1. The fraction of sp³-hybridized carbons (Fsp3) is 0.200. The Labute approximate surface area is 166 Å². The normalized spacial score (nSPS) is 11.0. The van der Waals surface area contributed by atoms with Gasteiger partial charge < -0.3 is 9.84 Å². The molecule has 0 aromatic carbocycles. The summed E-state index contributed by atoms with van der Waals surface area (Å²) in [6.45, 7) is 4.33. The summed E-state index contributed by atoms with van der Waals surface area (Å²) in [6, 6.07) is 9.13. The van der Waals surface area contributed by atoms with Crippen LogP contribution in [0.2, 0.25) is 0 Å². The van der Waals surface area contributed by atoms with Crippen LogP contribution in [0.15, 0.2) is 59.8 Å². The molecule has 0 unspecified atom stereocenters. The van der Waals surface area contributed by atoms with Gasteiger partial charge in [0.25, 0.3) is 11.8 Å². The van der Waals surface area contributed by atoms with Crippen LogP contribution in [0.5, 0.6) is 0 Å². The van der Waals surface area contributed by atoms with E-state index in [1.54, 1.807) is 35.3 Å². The molecule has 1 N–H and O–H groups in total. The zero-order valence-corrected chi connectivity index (χ0v) is 16.0. The Bertz CT molecular complexity index is 1120. The fourth-order valence-electron chi connectivity index (χ4n) is 2.61. The first kappa shape index (κ1) is 18.5. The molecule has 4 aromatic rings. The summed E-state index contributed by atoms with van der Waals surface area (Å²) in [4.78, 5) is 29.4. The van der Waals surface area contributed by atoms with Crippen molar-refractivity contribution in [1.82, 2.24) is 35.0 Å². The van der Waals surface area contributed by atoms with Crippen molar-refractivity contribution in [2.45, 2.75) is 26.3 Å². The largest absolute Gasteiger partial charge is 0.345 e. The van der Waals surface area contributed by atoms with Crippen LogP contribution in [0.4, 0.5) is 0 Å². The number of rotatable bonds is 6. The number of imidazole rings is 1. The molecule has 0 atom stereocenters. The topological polar surface area (TPSA) is 112 Å². The van der Waals surface area contributed by atoms with E-state index in [2.05, 4.69) is 30.4 Å². The monoisotopic (exact) mass is 389 g/mol. The van der Waals surface area contributed by atoms with Gasteiger partial charge in [-0.25, -0.2) is 9.97 Å². The molecular weight excluding hydrogens is 370 g/mol. The minimum atomic E-state index is -0.288. The molecule has 0 aliphatic heterocycles. The predicted molar refractivity (Wildman–Crippen MR) is 104 cm³/mol. The third-order valence-corrected chi connectivity index (χ3v) is 4.19. The number of nitrogens with zero attached hydrogens (tertiary/aromatic N) is 6. The van der Waals surface area contributed by atoms with Crippen LogP contribution >= 0.6 is 0 Å². The summed E-state index contributed by atoms with van der Waals surface area (Å²) in [5.74, 6) is 1.54. The lowest BCUT2D eigenvalue weighted by Crippen LogP contribution is -2.23. The number of aromatic nitrogens is 6. The lowest BCUT2D eigenvalue weighted by atomic mass is 10.2. The number of amides is 1. The summed E-state index contributed by atoms with van der Waals surface area (Å²) >= 11 is 0. The molecule has 4 rings (SSSR count). The van der Waals surface area contributed by atoms with Gasteiger partial charge in [0.05, 0.1) is 12.2 Å². The number of pyridine rings is 2. The molecule has 0 saturated carbocycles. The van der Waals surface area contributed by atoms with E-state index in [0.717, 1.165) is 11.3 Å². The van der Waals surface area contributed by atoms with Gasteiger partial charge in [0.2, 0.25) is 0 Å². The Morgan fingerprint density at radius 1 is 1.17 bits per heavy atom. The van der Waals surface area contributed by atoms with Crippen molar-refractivity contribution < 1.29 is 9.32 Å². The van der Waals surface area contributed by atoms with Crippen molar-refractivity contribution in [3.05, 3.63) is 72.5 Å². The lowest BCUT2D eigenvalue weighted by Gasteiger charge is -2.03. The van der Waals surface area contributed by atoms with Crippen LogP contribution in [0.1, 0.15) is 41.8 Å². The van der Waals surface area contributed by atoms with E-state index >= 15 is 0 Å². The summed E-state index contributed by atoms with van der Waals surface area (Å²) < 4.78 is 7.00. The molecule has 1 amide bonds. The summed E-state index contributed by atoms with van der Waals surface area (Å²) in [7, 11) is 0. The molecule has 0 fully saturated rings. The van der Waals surface area contributed by atoms with Crippen LogP contribution in [0, 0.1) is 0 Å². The Morgan fingerprint density at radius 3 is 2.83 bits per heavy atom. The molecule has 29 heavy (non-hydrogen) atoms. The van der Waals surface area contributed by atoms with Crippen molar-refractivity contribution in [1.29, 1.82) is 0 Å². The molecule has 0 spiro atoms. The van der Waals surface area contributed by atoms with Crippen molar-refractivity contribution in [3.8, 4) is 17.3 Å². The number of hydrogen-bond donors (Lipinski definition) is 1. The zero-order valence-electron chi connectivity index (χ0n) is 16.0. The lowest BCUT2D eigenvalue weighted by molar-refractivity contribution is 0.0946. The second kappa shape index (κ2) is 8.01. The molecular formula is C20H19N7O2. The maximum Gasteiger partial charge on any atom is 0.271 e. The van der Waals surface area contributed by atoms with Gasteiger partial charge in [-0.15, -0.1) is 0 Å². The van der Waals surface area contributed by atoms with Crippen LogP contribution < -0.4 is 5.32 Å². The summed E-state index contributed by atoms with van der Waals surface area (Å²) in [5, 5.41) is 6.78. The molecule has 9 heteroatoms. The van der Waals surface area contributed by atoms with Crippen LogP contribution in [0.25, 0.3) is 17.3 Å². The minimum Gasteiger partial charge on any atom is -0.345 e. The standard InChI is InChI=1S/C20H19N7O2/c1-13(2)18-25-20(29-26-18)14-6-8-22-17(9-14)27-11-16(24-12-27)19(28)23-10-15-5-3-4-7-21-15/h3-9,11-13H,10H2,1-2H3,(H,23,28). The van der Waals surface area contributed by atoms with E-state index in [1.165, 1.54) is 6.33 Å². The molecule has 4 heterocycles. The first-order valence-electron chi connectivity index (χ1n) is 9.12. The van der Waals surface area contributed by atoms with E-state index < -0.39 is 0 Å². The number of hydrogen-bond acceptors (Lipinski definition) is 7. The average Bonchev–Trinajstić information content (AvgIpc) is 3.43. The maximum absolute atomic E-state index is 12.3. The van der Waals surface area contributed by atoms with E-state index in [4.69, 9.17) is 4.52 Å². The molecule has 0 radical (unpaired) electrons. The summed E-state index contributed by atoms with van der Waals surface area (Å²) in [5.41, 5.74) is 1.80. The highest BCUT2D eigenvalue weighted by Gasteiger charge is 2.14. The van der Waals surface area contributed by atoms with Gasteiger partial charge in [0.1, 0.15) is 17.8 Å². The maximum atomic E-state index is 12.3. The quantitative estimate of drug-likeness (QED) is 0.539.